The molecular weight excluding hydrogens is 328 g/mol. The van der Waals surface area contributed by atoms with E-state index in [1.807, 2.05) is 54.3 Å². The average Bonchev–Trinajstić information content (AvgIpc) is 2.69. The van der Waals surface area contributed by atoms with Crippen LogP contribution in [-0.2, 0) is 4.79 Å². The monoisotopic (exact) mass is 354 g/mol. The number of carbonyl (C=O) groups is 1. The van der Waals surface area contributed by atoms with Gasteiger partial charge in [0.1, 0.15) is 11.5 Å². The summed E-state index contributed by atoms with van der Waals surface area (Å²) >= 11 is 0. The summed E-state index contributed by atoms with van der Waals surface area (Å²) in [6.45, 7) is 5.52. The minimum absolute atomic E-state index is 0.150. The maximum Gasteiger partial charge on any atom is 0.226 e. The van der Waals surface area contributed by atoms with Gasteiger partial charge < -0.3 is 19.3 Å². The van der Waals surface area contributed by atoms with Crippen molar-refractivity contribution in [3.8, 4) is 11.5 Å². The first-order chi connectivity index (χ1) is 12.7. The van der Waals surface area contributed by atoms with Crippen molar-refractivity contribution in [1.82, 2.24) is 4.90 Å². The topological polar surface area (TPSA) is 42.0 Å². The lowest BCUT2D eigenvalue weighted by atomic mass is 10.2. The minimum Gasteiger partial charge on any atom is -0.495 e. The fourth-order valence-corrected chi connectivity index (χ4v) is 3.14. The number of rotatable bonds is 6. The number of hydrogen-bond acceptors (Lipinski definition) is 4. The van der Waals surface area contributed by atoms with Gasteiger partial charge in [-0.15, -0.1) is 0 Å². The number of amides is 1. The molecule has 0 bridgehead atoms. The maximum absolute atomic E-state index is 12.4. The molecule has 0 saturated carbocycles. The number of nitrogens with zero attached hydrogens (tertiary/aromatic N) is 2. The Morgan fingerprint density at radius 1 is 1.00 bits per heavy atom. The Morgan fingerprint density at radius 3 is 2.38 bits per heavy atom. The van der Waals surface area contributed by atoms with E-state index < -0.39 is 0 Å². The molecule has 0 N–H and O–H groups in total. The number of anilines is 1. The Kier molecular flexibility index (Phi) is 6.00. The molecule has 2 aromatic carbocycles. The van der Waals surface area contributed by atoms with Crippen LogP contribution < -0.4 is 14.4 Å². The molecule has 5 heteroatoms. The van der Waals surface area contributed by atoms with Crippen LogP contribution in [0.25, 0.3) is 0 Å². The zero-order chi connectivity index (χ0) is 18.4. The van der Waals surface area contributed by atoms with Gasteiger partial charge in [0.15, 0.2) is 0 Å². The first kappa shape index (κ1) is 18.1. The maximum atomic E-state index is 12.4. The Labute approximate surface area is 155 Å². The van der Waals surface area contributed by atoms with Gasteiger partial charge in [-0.25, -0.2) is 0 Å². The van der Waals surface area contributed by atoms with Crippen LogP contribution in [0.4, 0.5) is 5.69 Å². The zero-order valence-corrected chi connectivity index (χ0v) is 15.5. The van der Waals surface area contributed by atoms with Crippen LogP contribution >= 0.6 is 0 Å². The summed E-state index contributed by atoms with van der Waals surface area (Å²) in [4.78, 5) is 16.6. The highest BCUT2D eigenvalue weighted by Crippen LogP contribution is 2.28. The fraction of sp³-hybridized carbons (Fsp3) is 0.381. The number of hydrogen-bond donors (Lipinski definition) is 0. The standard InChI is InChI=1S/C21H26N2O3/c1-17-7-9-18(10-8-17)26-16-11-21(24)23-14-12-22(13-15-23)19-5-3-4-6-20(19)25-2/h3-10H,11-16H2,1-2H3. The lowest BCUT2D eigenvalue weighted by Gasteiger charge is -2.36. The second-order valence-corrected chi connectivity index (χ2v) is 6.45. The molecule has 3 rings (SSSR count). The lowest BCUT2D eigenvalue weighted by molar-refractivity contribution is -0.132. The molecule has 1 fully saturated rings. The third-order valence-electron chi connectivity index (χ3n) is 4.66. The Balaban J connectivity index is 1.45. The molecule has 138 valence electrons. The first-order valence-electron chi connectivity index (χ1n) is 9.02. The van der Waals surface area contributed by atoms with Crippen LogP contribution in [0, 0.1) is 6.92 Å². The van der Waals surface area contributed by atoms with Crippen molar-refractivity contribution >= 4 is 11.6 Å². The number of para-hydroxylation sites is 2. The van der Waals surface area contributed by atoms with E-state index in [1.165, 1.54) is 5.56 Å². The van der Waals surface area contributed by atoms with Crippen molar-refractivity contribution in [1.29, 1.82) is 0 Å². The van der Waals surface area contributed by atoms with Gasteiger partial charge >= 0.3 is 0 Å². The summed E-state index contributed by atoms with van der Waals surface area (Å²) in [5.41, 5.74) is 2.28. The SMILES string of the molecule is COc1ccccc1N1CCN(C(=O)CCOc2ccc(C)cc2)CC1. The molecular formula is C21H26N2O3. The number of benzene rings is 2. The first-order valence-corrected chi connectivity index (χ1v) is 9.02. The predicted octanol–water partition coefficient (Wildman–Crippen LogP) is 3.12. The summed E-state index contributed by atoms with van der Waals surface area (Å²) in [6, 6.07) is 15.9. The highest BCUT2D eigenvalue weighted by molar-refractivity contribution is 5.76. The number of aryl methyl sites for hydroxylation is 1. The Bertz CT molecular complexity index is 722. The third kappa shape index (κ3) is 4.48. The molecule has 1 aliphatic rings. The highest BCUT2D eigenvalue weighted by Gasteiger charge is 2.22. The summed E-state index contributed by atoms with van der Waals surface area (Å²) in [7, 11) is 1.69. The lowest BCUT2D eigenvalue weighted by Crippen LogP contribution is -2.49. The molecule has 1 aliphatic heterocycles. The summed E-state index contributed by atoms with van der Waals surface area (Å²) < 4.78 is 11.1. The minimum atomic E-state index is 0.150. The van der Waals surface area contributed by atoms with E-state index in [2.05, 4.69) is 11.0 Å². The Morgan fingerprint density at radius 2 is 1.69 bits per heavy atom. The normalized spacial score (nSPS) is 14.2. The van der Waals surface area contributed by atoms with Gasteiger partial charge in [-0.05, 0) is 31.2 Å². The molecule has 0 atom stereocenters. The number of ether oxygens (including phenoxy) is 2. The van der Waals surface area contributed by atoms with E-state index in [0.29, 0.717) is 13.0 Å². The van der Waals surface area contributed by atoms with Crippen LogP contribution in [-0.4, -0.2) is 50.7 Å². The third-order valence-corrected chi connectivity index (χ3v) is 4.66. The molecule has 0 aromatic heterocycles. The van der Waals surface area contributed by atoms with E-state index >= 15 is 0 Å². The largest absolute Gasteiger partial charge is 0.495 e. The van der Waals surface area contributed by atoms with Crippen molar-refractivity contribution in [3.05, 3.63) is 54.1 Å². The highest BCUT2D eigenvalue weighted by atomic mass is 16.5. The summed E-state index contributed by atoms with van der Waals surface area (Å²) in [5.74, 6) is 1.83. The van der Waals surface area contributed by atoms with Crippen LogP contribution in [0.5, 0.6) is 11.5 Å². The fourth-order valence-electron chi connectivity index (χ4n) is 3.14. The Hall–Kier alpha value is -2.69. The molecule has 5 nitrogen and oxygen atoms in total. The molecule has 0 spiro atoms. The van der Waals surface area contributed by atoms with Gasteiger partial charge in [0, 0.05) is 26.2 Å². The van der Waals surface area contributed by atoms with E-state index in [1.54, 1.807) is 7.11 Å². The van der Waals surface area contributed by atoms with Gasteiger partial charge in [-0.1, -0.05) is 29.8 Å². The predicted molar refractivity (Wildman–Crippen MR) is 103 cm³/mol. The van der Waals surface area contributed by atoms with Gasteiger partial charge in [-0.2, -0.15) is 0 Å². The smallest absolute Gasteiger partial charge is 0.226 e. The van der Waals surface area contributed by atoms with E-state index in [4.69, 9.17) is 9.47 Å². The van der Waals surface area contributed by atoms with Crippen molar-refractivity contribution < 1.29 is 14.3 Å². The second-order valence-electron chi connectivity index (χ2n) is 6.45. The van der Waals surface area contributed by atoms with Crippen LogP contribution in [0.2, 0.25) is 0 Å². The number of methoxy groups -OCH3 is 1. The second kappa shape index (κ2) is 8.61. The summed E-state index contributed by atoms with van der Waals surface area (Å²) in [6.07, 6.45) is 0.405. The van der Waals surface area contributed by atoms with E-state index in [9.17, 15) is 4.79 Å². The average molecular weight is 354 g/mol. The molecule has 1 heterocycles. The van der Waals surface area contributed by atoms with Crippen molar-refractivity contribution in [3.63, 3.8) is 0 Å². The van der Waals surface area contributed by atoms with E-state index in [-0.39, 0.29) is 5.91 Å². The van der Waals surface area contributed by atoms with Crippen molar-refractivity contribution in [2.24, 2.45) is 0 Å². The van der Waals surface area contributed by atoms with Crippen LogP contribution in [0.15, 0.2) is 48.5 Å². The quantitative estimate of drug-likeness (QED) is 0.799. The zero-order valence-electron chi connectivity index (χ0n) is 15.5. The van der Waals surface area contributed by atoms with Crippen LogP contribution in [0.3, 0.4) is 0 Å². The van der Waals surface area contributed by atoms with Gasteiger partial charge in [0.2, 0.25) is 5.91 Å². The molecule has 0 unspecified atom stereocenters. The molecule has 2 aromatic rings. The molecule has 0 aliphatic carbocycles. The van der Waals surface area contributed by atoms with Crippen molar-refractivity contribution in [2.75, 3.05) is 44.8 Å². The van der Waals surface area contributed by atoms with Gasteiger partial charge in [0.25, 0.3) is 0 Å². The van der Waals surface area contributed by atoms with Gasteiger partial charge in [0.05, 0.1) is 25.8 Å². The number of carbonyl (C=O) groups excluding carboxylic acids is 1. The van der Waals surface area contributed by atoms with E-state index in [0.717, 1.165) is 43.4 Å². The molecule has 1 saturated heterocycles. The number of piperazine rings is 1. The molecule has 1 amide bonds. The van der Waals surface area contributed by atoms with Gasteiger partial charge in [-0.3, -0.25) is 4.79 Å². The van der Waals surface area contributed by atoms with Crippen LogP contribution in [0.1, 0.15) is 12.0 Å². The molecule has 26 heavy (non-hydrogen) atoms. The summed E-state index contributed by atoms with van der Waals surface area (Å²) in [5, 5.41) is 0. The van der Waals surface area contributed by atoms with Crippen molar-refractivity contribution in [2.45, 2.75) is 13.3 Å². The molecule has 0 radical (unpaired) electrons.